The molecule has 1 aromatic rings. The molecule has 0 bridgehead atoms. The second-order valence-electron chi connectivity index (χ2n) is 4.83. The van der Waals surface area contributed by atoms with Crippen LogP contribution in [0.1, 0.15) is 12.8 Å². The fraction of sp³-hybridized carbons (Fsp3) is 0.385. The fourth-order valence-electron chi connectivity index (χ4n) is 2.13. The van der Waals surface area contributed by atoms with Crippen molar-refractivity contribution in [1.82, 2.24) is 0 Å². The Labute approximate surface area is 122 Å². The summed E-state index contributed by atoms with van der Waals surface area (Å²) in [5, 5.41) is 8.51. The lowest BCUT2D eigenvalue weighted by atomic mass is 10.1. The monoisotopic (exact) mass is 312 g/mol. The molecule has 7 nitrogen and oxygen atoms in total. The van der Waals surface area contributed by atoms with Gasteiger partial charge in [0.1, 0.15) is 5.78 Å². The Morgan fingerprint density at radius 1 is 1.19 bits per heavy atom. The molecule has 0 unspecified atom stereocenters. The van der Waals surface area contributed by atoms with Crippen molar-refractivity contribution in [3.63, 3.8) is 0 Å². The number of benzene rings is 1. The molecule has 1 aliphatic heterocycles. The van der Waals surface area contributed by atoms with Crippen molar-refractivity contribution in [1.29, 1.82) is 0 Å². The van der Waals surface area contributed by atoms with Crippen LogP contribution in [0.4, 0.5) is 11.4 Å². The zero-order valence-electron chi connectivity index (χ0n) is 11.3. The van der Waals surface area contributed by atoms with Crippen LogP contribution in [0.3, 0.4) is 0 Å². The number of piperidine rings is 1. The third kappa shape index (κ3) is 4.45. The van der Waals surface area contributed by atoms with Gasteiger partial charge in [-0.25, -0.2) is 8.42 Å². The van der Waals surface area contributed by atoms with Crippen molar-refractivity contribution in [3.8, 4) is 0 Å². The Kier molecular flexibility index (Phi) is 4.46. The Bertz CT molecular complexity index is 629. The first-order chi connectivity index (χ1) is 9.85. The minimum Gasteiger partial charge on any atom is -0.480 e. The predicted molar refractivity (Wildman–Crippen MR) is 77.9 cm³/mol. The van der Waals surface area contributed by atoms with Crippen LogP contribution in [0.5, 0.6) is 0 Å². The molecule has 1 fully saturated rings. The van der Waals surface area contributed by atoms with Crippen LogP contribution < -0.4 is 9.62 Å². The Morgan fingerprint density at radius 3 is 2.29 bits per heavy atom. The molecule has 0 spiro atoms. The van der Waals surface area contributed by atoms with Gasteiger partial charge in [0.2, 0.25) is 10.0 Å². The largest absolute Gasteiger partial charge is 0.480 e. The van der Waals surface area contributed by atoms with Gasteiger partial charge in [-0.3, -0.25) is 14.3 Å². The van der Waals surface area contributed by atoms with E-state index in [4.69, 9.17) is 5.11 Å². The summed E-state index contributed by atoms with van der Waals surface area (Å²) in [4.78, 5) is 23.7. The molecule has 0 saturated carbocycles. The summed E-state index contributed by atoms with van der Waals surface area (Å²) in [5.74, 6) is -2.12. The van der Waals surface area contributed by atoms with Crippen LogP contribution in [-0.2, 0) is 19.6 Å². The summed E-state index contributed by atoms with van der Waals surface area (Å²) in [6.45, 7) is 1.31. The van der Waals surface area contributed by atoms with Gasteiger partial charge in [-0.15, -0.1) is 0 Å². The normalized spacial score (nSPS) is 15.8. The number of hydrogen-bond acceptors (Lipinski definition) is 5. The molecule has 21 heavy (non-hydrogen) atoms. The third-order valence-corrected chi connectivity index (χ3v) is 4.31. The predicted octanol–water partition coefficient (Wildman–Crippen LogP) is 0.682. The van der Waals surface area contributed by atoms with Crippen molar-refractivity contribution in [2.75, 3.05) is 28.5 Å². The number of carboxylic acid groups (broad SMARTS) is 1. The topological polar surface area (TPSA) is 104 Å². The van der Waals surface area contributed by atoms with Gasteiger partial charge in [0.05, 0.1) is 0 Å². The van der Waals surface area contributed by atoms with Gasteiger partial charge >= 0.3 is 5.97 Å². The molecule has 114 valence electrons. The molecule has 0 aromatic heterocycles. The minimum absolute atomic E-state index is 0.254. The van der Waals surface area contributed by atoms with Gasteiger partial charge < -0.3 is 10.0 Å². The van der Waals surface area contributed by atoms with Crippen molar-refractivity contribution < 1.29 is 23.1 Å². The standard InChI is InChI=1S/C13H16N2O5S/c16-12-5-7-15(8-6-12)11-3-1-10(2-4-11)14-21(19,20)9-13(17)18/h1-4,14H,5-9H2,(H,17,18). The maximum absolute atomic E-state index is 11.5. The lowest BCUT2D eigenvalue weighted by molar-refractivity contribution is -0.134. The number of aliphatic carboxylic acids is 1. The van der Waals surface area contributed by atoms with Gasteiger partial charge in [-0.1, -0.05) is 0 Å². The number of nitrogens with one attached hydrogen (secondary N) is 1. The quantitative estimate of drug-likeness (QED) is 0.828. The number of carbonyl (C=O) groups excluding carboxylic acids is 1. The number of carbonyl (C=O) groups is 2. The highest BCUT2D eigenvalue weighted by Crippen LogP contribution is 2.21. The maximum atomic E-state index is 11.5. The minimum atomic E-state index is -3.89. The Hall–Kier alpha value is -2.09. The third-order valence-electron chi connectivity index (χ3n) is 3.14. The highest BCUT2D eigenvalue weighted by Gasteiger charge is 2.18. The maximum Gasteiger partial charge on any atom is 0.320 e. The molecule has 0 radical (unpaired) electrons. The van der Waals surface area contributed by atoms with Gasteiger partial charge in [0.25, 0.3) is 0 Å². The van der Waals surface area contributed by atoms with Gasteiger partial charge in [0, 0.05) is 37.3 Å². The number of rotatable bonds is 5. The first-order valence-corrected chi connectivity index (χ1v) is 8.10. The molecule has 0 aliphatic carbocycles. The van der Waals surface area contributed by atoms with E-state index < -0.39 is 21.7 Å². The molecule has 8 heteroatoms. The molecule has 1 heterocycles. The van der Waals surface area contributed by atoms with E-state index in [-0.39, 0.29) is 5.78 Å². The average Bonchev–Trinajstić information content (AvgIpc) is 2.38. The van der Waals surface area contributed by atoms with E-state index in [1.807, 2.05) is 0 Å². The van der Waals surface area contributed by atoms with E-state index in [0.717, 1.165) is 5.69 Å². The van der Waals surface area contributed by atoms with E-state index in [1.54, 1.807) is 24.3 Å². The SMILES string of the molecule is O=C(O)CS(=O)(=O)Nc1ccc(N2CCC(=O)CC2)cc1. The van der Waals surface area contributed by atoms with Crippen LogP contribution in [0.2, 0.25) is 0 Å². The van der Waals surface area contributed by atoms with Crippen molar-refractivity contribution in [3.05, 3.63) is 24.3 Å². The molecule has 1 aliphatic rings. The lowest BCUT2D eigenvalue weighted by Crippen LogP contribution is -2.33. The van der Waals surface area contributed by atoms with E-state index >= 15 is 0 Å². The summed E-state index contributed by atoms with van der Waals surface area (Å²) in [6, 6.07) is 6.64. The Morgan fingerprint density at radius 2 is 1.76 bits per heavy atom. The fourth-order valence-corrected chi connectivity index (χ4v) is 3.03. The number of sulfonamides is 1. The van der Waals surface area contributed by atoms with Gasteiger partial charge in [-0.05, 0) is 24.3 Å². The van der Waals surface area contributed by atoms with Gasteiger partial charge in [0.15, 0.2) is 5.75 Å². The molecule has 2 N–H and O–H groups in total. The Balaban J connectivity index is 2.02. The molecular formula is C13H16N2O5S. The smallest absolute Gasteiger partial charge is 0.320 e. The van der Waals surface area contributed by atoms with Crippen LogP contribution >= 0.6 is 0 Å². The molecule has 0 atom stereocenters. The van der Waals surface area contributed by atoms with Crippen molar-refractivity contribution in [2.45, 2.75) is 12.8 Å². The number of carboxylic acids is 1. The summed E-state index contributed by atoms with van der Waals surface area (Å²) in [6.07, 6.45) is 1.04. The number of ketones is 1. The lowest BCUT2D eigenvalue weighted by Gasteiger charge is -2.28. The zero-order valence-corrected chi connectivity index (χ0v) is 12.1. The molecule has 1 aromatic carbocycles. The number of Topliss-reactive ketones (excluding diaryl/α,β-unsaturated/α-hetero) is 1. The number of hydrogen-bond donors (Lipinski definition) is 2. The molecule has 0 amide bonds. The molecular weight excluding hydrogens is 296 g/mol. The van der Waals surface area contributed by atoms with Crippen LogP contribution in [0.15, 0.2) is 24.3 Å². The molecule has 2 rings (SSSR count). The van der Waals surface area contributed by atoms with E-state index in [9.17, 15) is 18.0 Å². The van der Waals surface area contributed by atoms with E-state index in [1.165, 1.54) is 0 Å². The average molecular weight is 312 g/mol. The molecule has 1 saturated heterocycles. The van der Waals surface area contributed by atoms with E-state index in [0.29, 0.717) is 31.6 Å². The second kappa shape index (κ2) is 6.13. The van der Waals surface area contributed by atoms with E-state index in [2.05, 4.69) is 9.62 Å². The first-order valence-electron chi connectivity index (χ1n) is 6.45. The van der Waals surface area contributed by atoms with Crippen LogP contribution in [0.25, 0.3) is 0 Å². The number of nitrogens with zero attached hydrogens (tertiary/aromatic N) is 1. The first kappa shape index (κ1) is 15.3. The highest BCUT2D eigenvalue weighted by molar-refractivity contribution is 7.93. The van der Waals surface area contributed by atoms with Crippen LogP contribution in [-0.4, -0.2) is 44.1 Å². The zero-order chi connectivity index (χ0) is 15.5. The van der Waals surface area contributed by atoms with Gasteiger partial charge in [-0.2, -0.15) is 0 Å². The van der Waals surface area contributed by atoms with Crippen molar-refractivity contribution in [2.24, 2.45) is 0 Å². The summed E-state index contributed by atoms with van der Waals surface area (Å²) < 4.78 is 25.2. The summed E-state index contributed by atoms with van der Waals surface area (Å²) in [5.41, 5.74) is 1.22. The van der Waals surface area contributed by atoms with Crippen LogP contribution in [0, 0.1) is 0 Å². The van der Waals surface area contributed by atoms with Crippen molar-refractivity contribution >= 4 is 33.2 Å². The highest BCUT2D eigenvalue weighted by atomic mass is 32.2. The second-order valence-corrected chi connectivity index (χ2v) is 6.55. The summed E-state index contributed by atoms with van der Waals surface area (Å²) in [7, 11) is -3.89. The number of anilines is 2. The summed E-state index contributed by atoms with van der Waals surface area (Å²) >= 11 is 0.